The van der Waals surface area contributed by atoms with Crippen LogP contribution in [0.2, 0.25) is 23.9 Å². The predicted molar refractivity (Wildman–Crippen MR) is 91.1 cm³/mol. The summed E-state index contributed by atoms with van der Waals surface area (Å²) < 4.78 is 18.8. The van der Waals surface area contributed by atoms with E-state index in [2.05, 4.69) is 61.6 Å². The Labute approximate surface area is 132 Å². The van der Waals surface area contributed by atoms with E-state index in [-0.39, 0.29) is 23.4 Å². The fraction of sp³-hybridized carbons (Fsp3) is 1.00. The molecule has 1 aliphatic heterocycles. The molecule has 3 nitrogen and oxygen atoms in total. The van der Waals surface area contributed by atoms with Gasteiger partial charge in [0.15, 0.2) is 8.32 Å². The zero-order valence-electron chi connectivity index (χ0n) is 15.4. The highest BCUT2D eigenvalue weighted by Gasteiger charge is 2.56. The van der Waals surface area contributed by atoms with Crippen molar-refractivity contribution in [2.24, 2.45) is 0 Å². The van der Waals surface area contributed by atoms with Crippen molar-refractivity contribution in [3.8, 4) is 0 Å². The highest BCUT2D eigenvalue weighted by atomic mass is 28.4. The van der Waals surface area contributed by atoms with E-state index in [1.807, 2.05) is 0 Å². The van der Waals surface area contributed by atoms with Gasteiger partial charge >= 0.3 is 7.12 Å². The van der Waals surface area contributed by atoms with Crippen molar-refractivity contribution in [1.82, 2.24) is 0 Å². The molecule has 0 unspecified atom stereocenters. The summed E-state index contributed by atoms with van der Waals surface area (Å²) in [5.41, 5.74) is -0.438. The van der Waals surface area contributed by atoms with Crippen molar-refractivity contribution in [3.63, 3.8) is 0 Å². The Morgan fingerprint density at radius 1 is 1.00 bits per heavy atom. The fourth-order valence-electron chi connectivity index (χ4n) is 2.60. The average molecular weight is 312 g/mol. The Balaban J connectivity index is 1.86. The average Bonchev–Trinajstić information content (AvgIpc) is 2.39. The zero-order valence-corrected chi connectivity index (χ0v) is 16.4. The fourth-order valence-corrected chi connectivity index (χ4v) is 3.98. The van der Waals surface area contributed by atoms with Crippen LogP contribution in [0.15, 0.2) is 0 Å². The molecular weight excluding hydrogens is 279 g/mol. The van der Waals surface area contributed by atoms with Crippen molar-refractivity contribution in [2.75, 3.05) is 0 Å². The second-order valence-electron chi connectivity index (χ2n) is 9.36. The van der Waals surface area contributed by atoms with Crippen LogP contribution in [0.3, 0.4) is 0 Å². The van der Waals surface area contributed by atoms with Gasteiger partial charge in [0.05, 0.1) is 11.2 Å². The first kappa shape index (κ1) is 17.5. The lowest BCUT2D eigenvalue weighted by molar-refractivity contribution is 0.00578. The third kappa shape index (κ3) is 3.26. The molecule has 0 aromatic heterocycles. The number of hydrogen-bond acceptors (Lipinski definition) is 3. The Bertz CT molecular complexity index is 379. The third-order valence-electron chi connectivity index (χ3n) is 6.06. The molecule has 0 bridgehead atoms. The molecule has 1 saturated carbocycles. The summed E-state index contributed by atoms with van der Waals surface area (Å²) in [5.74, 6) is 0.487. The van der Waals surface area contributed by atoms with Gasteiger partial charge in [0.2, 0.25) is 0 Å². The molecule has 5 heteroatoms. The van der Waals surface area contributed by atoms with Gasteiger partial charge < -0.3 is 13.7 Å². The molecule has 0 aromatic carbocycles. The van der Waals surface area contributed by atoms with Crippen molar-refractivity contribution >= 4 is 15.4 Å². The van der Waals surface area contributed by atoms with Crippen molar-refractivity contribution in [3.05, 3.63) is 0 Å². The lowest BCUT2D eigenvalue weighted by atomic mass is 9.59. The molecule has 1 heterocycles. The minimum absolute atomic E-state index is 0.0609. The summed E-state index contributed by atoms with van der Waals surface area (Å²) in [7, 11) is -1.71. The Morgan fingerprint density at radius 3 is 1.81 bits per heavy atom. The summed E-state index contributed by atoms with van der Waals surface area (Å²) in [6.07, 6.45) is 2.54. The molecule has 2 aliphatic rings. The molecule has 0 aromatic rings. The molecule has 0 amide bonds. The van der Waals surface area contributed by atoms with Crippen molar-refractivity contribution < 1.29 is 13.7 Å². The van der Waals surface area contributed by atoms with Crippen molar-refractivity contribution in [1.29, 1.82) is 0 Å². The quantitative estimate of drug-likeness (QED) is 0.711. The van der Waals surface area contributed by atoms with Crippen LogP contribution in [0.25, 0.3) is 0 Å². The molecule has 0 N–H and O–H groups in total. The summed E-state index contributed by atoms with van der Waals surface area (Å²) in [6, 6.07) is 0. The van der Waals surface area contributed by atoms with Crippen LogP contribution in [-0.2, 0) is 13.7 Å². The molecule has 0 radical (unpaired) electrons. The van der Waals surface area contributed by atoms with Crippen LogP contribution in [0, 0.1) is 0 Å². The lowest BCUT2D eigenvalue weighted by Gasteiger charge is -2.45. The Hall–Kier alpha value is 0.162. The molecule has 2 rings (SSSR count). The standard InChI is InChI=1S/C16H33BO3Si/c1-14(2,3)21(8,9)18-13-10-12(11-13)17-19-15(4,5)16(6,7)20-17/h12-13H,10-11H2,1-9H3. The summed E-state index contributed by atoms with van der Waals surface area (Å²) in [5, 5.41) is 0.280. The van der Waals surface area contributed by atoms with Gasteiger partial charge in [-0.05, 0) is 64.5 Å². The number of hydrogen-bond donors (Lipinski definition) is 0. The maximum absolute atomic E-state index is 6.46. The van der Waals surface area contributed by atoms with E-state index in [9.17, 15) is 0 Å². The van der Waals surface area contributed by atoms with E-state index >= 15 is 0 Å². The molecule has 21 heavy (non-hydrogen) atoms. The van der Waals surface area contributed by atoms with E-state index < -0.39 is 8.32 Å². The predicted octanol–water partition coefficient (Wildman–Crippen LogP) is 4.63. The molecular formula is C16H33BO3Si. The first-order valence-corrected chi connectivity index (χ1v) is 11.2. The van der Waals surface area contributed by atoms with Gasteiger partial charge in [0, 0.05) is 6.10 Å². The molecule has 0 spiro atoms. The largest absolute Gasteiger partial charge is 0.461 e. The van der Waals surface area contributed by atoms with Gasteiger partial charge in [0.1, 0.15) is 0 Å². The molecule has 2 fully saturated rings. The van der Waals surface area contributed by atoms with Gasteiger partial charge in [0.25, 0.3) is 0 Å². The Kier molecular flexibility index (Phi) is 4.24. The van der Waals surface area contributed by atoms with Crippen LogP contribution >= 0.6 is 0 Å². The monoisotopic (exact) mass is 312 g/mol. The second kappa shape index (κ2) is 5.08. The van der Waals surface area contributed by atoms with Crippen LogP contribution in [0.4, 0.5) is 0 Å². The molecule has 122 valence electrons. The van der Waals surface area contributed by atoms with Crippen molar-refractivity contribution in [2.45, 2.75) is 103 Å². The minimum atomic E-state index is -1.65. The first-order valence-electron chi connectivity index (χ1n) is 8.29. The topological polar surface area (TPSA) is 27.7 Å². The van der Waals surface area contributed by atoms with Gasteiger partial charge in [-0.25, -0.2) is 0 Å². The highest BCUT2D eigenvalue weighted by molar-refractivity contribution is 6.74. The number of rotatable bonds is 3. The zero-order chi connectivity index (χ0) is 16.3. The normalized spacial score (nSPS) is 32.1. The van der Waals surface area contributed by atoms with E-state index in [1.165, 1.54) is 0 Å². The van der Waals surface area contributed by atoms with Crippen LogP contribution < -0.4 is 0 Å². The summed E-state index contributed by atoms with van der Waals surface area (Å²) in [6.45, 7) is 20.0. The molecule has 1 saturated heterocycles. The molecule has 1 aliphatic carbocycles. The summed E-state index contributed by atoms with van der Waals surface area (Å²) >= 11 is 0. The smallest absolute Gasteiger partial charge is 0.414 e. The van der Waals surface area contributed by atoms with E-state index in [4.69, 9.17) is 13.7 Å². The lowest BCUT2D eigenvalue weighted by Crippen LogP contribution is -2.48. The maximum Gasteiger partial charge on any atom is 0.461 e. The maximum atomic E-state index is 6.46. The summed E-state index contributed by atoms with van der Waals surface area (Å²) in [4.78, 5) is 0. The van der Waals surface area contributed by atoms with E-state index in [0.717, 1.165) is 12.8 Å². The Morgan fingerprint density at radius 2 is 1.43 bits per heavy atom. The molecule has 0 atom stereocenters. The van der Waals surface area contributed by atoms with Gasteiger partial charge in [-0.1, -0.05) is 20.8 Å². The minimum Gasteiger partial charge on any atom is -0.414 e. The van der Waals surface area contributed by atoms with E-state index in [1.54, 1.807) is 0 Å². The SMILES string of the molecule is CC1(C)OB(C2CC(O[Si](C)(C)C(C)(C)C)C2)OC1(C)C. The highest BCUT2D eigenvalue weighted by Crippen LogP contribution is 2.49. The van der Waals surface area contributed by atoms with Crippen LogP contribution in [0.1, 0.15) is 61.3 Å². The van der Waals surface area contributed by atoms with Gasteiger partial charge in [-0.3, -0.25) is 0 Å². The second-order valence-corrected chi connectivity index (χ2v) is 14.1. The van der Waals surface area contributed by atoms with Gasteiger partial charge in [-0.15, -0.1) is 0 Å². The van der Waals surface area contributed by atoms with E-state index in [0.29, 0.717) is 11.9 Å². The first-order chi connectivity index (χ1) is 9.25. The third-order valence-corrected chi connectivity index (χ3v) is 10.6. The van der Waals surface area contributed by atoms with Crippen LogP contribution in [0.5, 0.6) is 0 Å². The van der Waals surface area contributed by atoms with Gasteiger partial charge in [-0.2, -0.15) is 0 Å². The van der Waals surface area contributed by atoms with Crippen LogP contribution in [-0.4, -0.2) is 32.7 Å².